The molecule has 2 rings (SSSR count). The molecule has 0 aliphatic heterocycles. The van der Waals surface area contributed by atoms with Crippen molar-refractivity contribution in [1.82, 2.24) is 4.98 Å². The van der Waals surface area contributed by atoms with Gasteiger partial charge in [0.25, 0.3) is 0 Å². The Bertz CT molecular complexity index is 807. The SMILES string of the molecule is Cc1ccc(-c2cc(C(C)CC(=O)O)nc(N)c2C#N)cc1C. The zero-order valence-electron chi connectivity index (χ0n) is 13.4. The van der Waals surface area contributed by atoms with Crippen LogP contribution in [0.4, 0.5) is 5.82 Å². The van der Waals surface area contributed by atoms with Crippen LogP contribution in [0.25, 0.3) is 11.1 Å². The number of nitrogens with zero attached hydrogens (tertiary/aromatic N) is 2. The Kier molecular flexibility index (Phi) is 4.65. The smallest absolute Gasteiger partial charge is 0.304 e. The normalized spacial score (nSPS) is 11.7. The van der Waals surface area contributed by atoms with Gasteiger partial charge in [0.2, 0.25) is 0 Å². The van der Waals surface area contributed by atoms with Gasteiger partial charge in [0, 0.05) is 17.2 Å². The van der Waals surface area contributed by atoms with E-state index >= 15 is 0 Å². The van der Waals surface area contributed by atoms with E-state index in [0.717, 1.165) is 16.7 Å². The van der Waals surface area contributed by atoms with Crippen molar-refractivity contribution >= 4 is 11.8 Å². The Morgan fingerprint density at radius 1 is 1.35 bits per heavy atom. The van der Waals surface area contributed by atoms with Gasteiger partial charge in [-0.3, -0.25) is 4.79 Å². The first-order valence-electron chi connectivity index (χ1n) is 7.33. The minimum atomic E-state index is -0.894. The van der Waals surface area contributed by atoms with Crippen molar-refractivity contribution in [3.8, 4) is 17.2 Å². The van der Waals surface area contributed by atoms with Crippen molar-refractivity contribution in [1.29, 1.82) is 5.26 Å². The molecule has 1 unspecified atom stereocenters. The van der Waals surface area contributed by atoms with Crippen LogP contribution in [-0.2, 0) is 4.79 Å². The molecule has 0 saturated carbocycles. The summed E-state index contributed by atoms with van der Waals surface area (Å²) < 4.78 is 0. The third-order valence-electron chi connectivity index (χ3n) is 3.98. The fourth-order valence-corrected chi connectivity index (χ4v) is 2.46. The van der Waals surface area contributed by atoms with E-state index in [4.69, 9.17) is 10.8 Å². The minimum Gasteiger partial charge on any atom is -0.481 e. The van der Waals surface area contributed by atoms with Crippen LogP contribution in [0.2, 0.25) is 0 Å². The molecule has 1 aromatic carbocycles. The van der Waals surface area contributed by atoms with E-state index in [9.17, 15) is 10.1 Å². The maximum absolute atomic E-state index is 10.9. The number of rotatable bonds is 4. The summed E-state index contributed by atoms with van der Waals surface area (Å²) in [6.07, 6.45) is -0.0370. The summed E-state index contributed by atoms with van der Waals surface area (Å²) in [6, 6.07) is 9.79. The third kappa shape index (κ3) is 3.49. The molecule has 0 amide bonds. The van der Waals surface area contributed by atoms with Gasteiger partial charge in [0.15, 0.2) is 0 Å². The Hall–Kier alpha value is -2.87. The lowest BCUT2D eigenvalue weighted by molar-refractivity contribution is -0.137. The van der Waals surface area contributed by atoms with Crippen molar-refractivity contribution in [2.45, 2.75) is 33.1 Å². The molecule has 1 heterocycles. The summed E-state index contributed by atoms with van der Waals surface area (Å²) in [6.45, 7) is 5.81. The van der Waals surface area contributed by atoms with Gasteiger partial charge in [-0.05, 0) is 36.6 Å². The van der Waals surface area contributed by atoms with Gasteiger partial charge in [0.05, 0.1) is 6.42 Å². The molecule has 0 fully saturated rings. The number of carboxylic acid groups (broad SMARTS) is 1. The van der Waals surface area contributed by atoms with Gasteiger partial charge >= 0.3 is 5.97 Å². The molecular weight excluding hydrogens is 290 g/mol. The standard InChI is InChI=1S/C18H19N3O2/c1-10-4-5-13(6-11(10)2)14-8-16(12(3)7-17(22)23)21-18(20)15(14)9-19/h4-6,8,12H,7H2,1-3H3,(H2,20,21)(H,22,23). The van der Waals surface area contributed by atoms with Crippen molar-refractivity contribution in [2.24, 2.45) is 0 Å². The number of anilines is 1. The molecule has 0 bridgehead atoms. The zero-order valence-corrected chi connectivity index (χ0v) is 13.4. The molecule has 0 saturated heterocycles. The predicted octanol–water partition coefficient (Wildman–Crippen LogP) is 3.40. The quantitative estimate of drug-likeness (QED) is 0.901. The molecular formula is C18H19N3O2. The number of hydrogen-bond acceptors (Lipinski definition) is 4. The average Bonchev–Trinajstić information content (AvgIpc) is 2.48. The molecule has 0 aliphatic carbocycles. The molecule has 118 valence electrons. The molecule has 0 spiro atoms. The van der Waals surface area contributed by atoms with Crippen LogP contribution in [0.15, 0.2) is 24.3 Å². The second-order valence-corrected chi connectivity index (χ2v) is 5.76. The third-order valence-corrected chi connectivity index (χ3v) is 3.98. The maximum Gasteiger partial charge on any atom is 0.304 e. The topological polar surface area (TPSA) is 100 Å². The number of aromatic nitrogens is 1. The lowest BCUT2D eigenvalue weighted by atomic mass is 9.94. The average molecular weight is 309 g/mol. The lowest BCUT2D eigenvalue weighted by Gasteiger charge is -2.14. The molecule has 23 heavy (non-hydrogen) atoms. The van der Waals surface area contributed by atoms with E-state index in [0.29, 0.717) is 16.8 Å². The Balaban J connectivity index is 2.61. The van der Waals surface area contributed by atoms with E-state index in [1.807, 2.05) is 32.0 Å². The molecule has 2 aromatic rings. The van der Waals surface area contributed by atoms with Gasteiger partial charge in [0.1, 0.15) is 17.5 Å². The van der Waals surface area contributed by atoms with Crippen molar-refractivity contribution in [3.63, 3.8) is 0 Å². The van der Waals surface area contributed by atoms with E-state index in [2.05, 4.69) is 11.1 Å². The molecule has 1 atom stereocenters. The molecule has 3 N–H and O–H groups in total. The highest BCUT2D eigenvalue weighted by atomic mass is 16.4. The highest BCUT2D eigenvalue weighted by Gasteiger charge is 2.18. The van der Waals surface area contributed by atoms with Crippen molar-refractivity contribution < 1.29 is 9.90 Å². The predicted molar refractivity (Wildman–Crippen MR) is 88.9 cm³/mol. The van der Waals surface area contributed by atoms with Crippen LogP contribution >= 0.6 is 0 Å². The summed E-state index contributed by atoms with van der Waals surface area (Å²) in [5, 5.41) is 18.4. The van der Waals surface area contributed by atoms with E-state index in [1.54, 1.807) is 13.0 Å². The number of carboxylic acids is 1. The highest BCUT2D eigenvalue weighted by molar-refractivity contribution is 5.76. The number of hydrogen-bond donors (Lipinski definition) is 2. The monoisotopic (exact) mass is 309 g/mol. The number of aryl methyl sites for hydroxylation is 2. The molecule has 0 aliphatic rings. The molecule has 5 nitrogen and oxygen atoms in total. The first kappa shape index (κ1) is 16.5. The maximum atomic E-state index is 10.9. The summed E-state index contributed by atoms with van der Waals surface area (Å²) >= 11 is 0. The Labute approximate surface area is 135 Å². The second kappa shape index (κ2) is 6.49. The first-order valence-corrected chi connectivity index (χ1v) is 7.33. The fourth-order valence-electron chi connectivity index (χ4n) is 2.46. The first-order chi connectivity index (χ1) is 10.8. The number of aliphatic carboxylic acids is 1. The van der Waals surface area contributed by atoms with Crippen LogP contribution in [-0.4, -0.2) is 16.1 Å². The van der Waals surface area contributed by atoms with Gasteiger partial charge < -0.3 is 10.8 Å². The number of benzene rings is 1. The Morgan fingerprint density at radius 2 is 2.04 bits per heavy atom. The molecule has 5 heteroatoms. The van der Waals surface area contributed by atoms with Crippen molar-refractivity contribution in [3.05, 3.63) is 46.6 Å². The van der Waals surface area contributed by atoms with Crippen LogP contribution in [0, 0.1) is 25.2 Å². The van der Waals surface area contributed by atoms with Crippen LogP contribution < -0.4 is 5.73 Å². The van der Waals surface area contributed by atoms with E-state index < -0.39 is 5.97 Å². The molecule has 1 aromatic heterocycles. The second-order valence-electron chi connectivity index (χ2n) is 5.76. The highest BCUT2D eigenvalue weighted by Crippen LogP contribution is 2.31. The fraction of sp³-hybridized carbons (Fsp3) is 0.278. The van der Waals surface area contributed by atoms with Gasteiger partial charge in [-0.15, -0.1) is 0 Å². The number of pyridine rings is 1. The number of nitrogens with two attached hydrogens (primary N) is 1. The van der Waals surface area contributed by atoms with Crippen LogP contribution in [0.3, 0.4) is 0 Å². The van der Waals surface area contributed by atoms with Crippen molar-refractivity contribution in [2.75, 3.05) is 5.73 Å². The van der Waals surface area contributed by atoms with Gasteiger partial charge in [-0.25, -0.2) is 4.98 Å². The number of carbonyl (C=O) groups is 1. The van der Waals surface area contributed by atoms with Crippen LogP contribution in [0.5, 0.6) is 0 Å². The van der Waals surface area contributed by atoms with Gasteiger partial charge in [-0.2, -0.15) is 5.26 Å². The summed E-state index contributed by atoms with van der Waals surface area (Å²) in [7, 11) is 0. The summed E-state index contributed by atoms with van der Waals surface area (Å²) in [4.78, 5) is 15.1. The Morgan fingerprint density at radius 3 is 2.61 bits per heavy atom. The minimum absolute atomic E-state index is 0.0370. The zero-order chi connectivity index (χ0) is 17.1. The van der Waals surface area contributed by atoms with E-state index in [1.165, 1.54) is 0 Å². The van der Waals surface area contributed by atoms with E-state index in [-0.39, 0.29) is 18.2 Å². The largest absolute Gasteiger partial charge is 0.481 e. The summed E-state index contributed by atoms with van der Waals surface area (Å²) in [5.41, 5.74) is 10.7. The van der Waals surface area contributed by atoms with Gasteiger partial charge in [-0.1, -0.05) is 25.1 Å². The van der Waals surface area contributed by atoms with Crippen LogP contribution in [0.1, 0.15) is 41.6 Å². The number of nitriles is 1. The molecule has 0 radical (unpaired) electrons. The summed E-state index contributed by atoms with van der Waals surface area (Å²) in [5.74, 6) is -1.04. The number of nitrogen functional groups attached to an aromatic ring is 1. The lowest BCUT2D eigenvalue weighted by Crippen LogP contribution is -2.08.